The van der Waals surface area contributed by atoms with Crippen molar-refractivity contribution in [2.45, 2.75) is 11.3 Å². The van der Waals surface area contributed by atoms with Crippen molar-refractivity contribution in [2.75, 3.05) is 6.54 Å². The molecule has 0 spiro atoms. The number of nitrogens with two attached hydrogens (primary N) is 1. The average molecular weight is 377 g/mol. The Morgan fingerprint density at radius 3 is 2.64 bits per heavy atom. The summed E-state index contributed by atoms with van der Waals surface area (Å²) in [6, 6.07) is 9.78. The number of hydrogen-bond acceptors (Lipinski definition) is 6. The number of amides is 1. The third kappa shape index (κ3) is 4.32. The minimum absolute atomic E-state index is 0.0632. The smallest absolute Gasteiger partial charge is 0.270 e. The highest BCUT2D eigenvalue weighted by Crippen LogP contribution is 2.23. The van der Waals surface area contributed by atoms with Crippen LogP contribution in [0.3, 0.4) is 0 Å². The van der Waals surface area contributed by atoms with Gasteiger partial charge in [0, 0.05) is 11.9 Å². The van der Waals surface area contributed by atoms with Gasteiger partial charge in [0.05, 0.1) is 11.2 Å². The van der Waals surface area contributed by atoms with E-state index < -0.39 is 10.0 Å². The molecule has 0 saturated carbocycles. The summed E-state index contributed by atoms with van der Waals surface area (Å²) < 4.78 is 27.6. The van der Waals surface area contributed by atoms with Gasteiger partial charge in [0.15, 0.2) is 10.8 Å². The monoisotopic (exact) mass is 377 g/mol. The van der Waals surface area contributed by atoms with Crippen LogP contribution in [-0.4, -0.2) is 25.9 Å². The summed E-state index contributed by atoms with van der Waals surface area (Å²) in [6.07, 6.45) is 2.11. The van der Waals surface area contributed by atoms with Crippen molar-refractivity contribution < 1.29 is 17.6 Å². The first-order chi connectivity index (χ1) is 11.9. The molecule has 3 N–H and O–H groups in total. The first kappa shape index (κ1) is 17.3. The van der Waals surface area contributed by atoms with Gasteiger partial charge in [-0.3, -0.25) is 4.79 Å². The minimum Gasteiger partial charge on any atom is -0.462 e. The topological polar surface area (TPSA) is 115 Å². The molecule has 7 nitrogen and oxygen atoms in total. The second-order valence-electron chi connectivity index (χ2n) is 5.21. The molecule has 0 saturated heterocycles. The Hall–Kier alpha value is -2.49. The molecule has 0 radical (unpaired) electrons. The van der Waals surface area contributed by atoms with Crippen molar-refractivity contribution >= 4 is 27.3 Å². The van der Waals surface area contributed by atoms with Crippen molar-refractivity contribution in [3.8, 4) is 10.8 Å². The molecule has 0 fully saturated rings. The summed E-state index contributed by atoms with van der Waals surface area (Å²) in [6.45, 7) is 0.404. The zero-order valence-electron chi connectivity index (χ0n) is 13.0. The predicted octanol–water partition coefficient (Wildman–Crippen LogP) is 2.02. The maximum absolute atomic E-state index is 12.1. The molecular formula is C16H15N3O4S2. The van der Waals surface area contributed by atoms with Gasteiger partial charge >= 0.3 is 0 Å². The van der Waals surface area contributed by atoms with Crippen LogP contribution in [0.15, 0.2) is 57.4 Å². The van der Waals surface area contributed by atoms with Crippen molar-refractivity contribution in [1.29, 1.82) is 0 Å². The maximum Gasteiger partial charge on any atom is 0.270 e. The van der Waals surface area contributed by atoms with Gasteiger partial charge in [-0.05, 0) is 36.2 Å². The molecule has 0 aliphatic heterocycles. The van der Waals surface area contributed by atoms with E-state index >= 15 is 0 Å². The number of nitrogens with zero attached hydrogens (tertiary/aromatic N) is 1. The molecule has 3 rings (SSSR count). The molecule has 0 unspecified atom stereocenters. The van der Waals surface area contributed by atoms with Crippen LogP contribution in [0.25, 0.3) is 10.8 Å². The van der Waals surface area contributed by atoms with Gasteiger partial charge in [-0.2, -0.15) is 0 Å². The number of carbonyl (C=O) groups is 1. The van der Waals surface area contributed by atoms with E-state index in [2.05, 4.69) is 10.3 Å². The van der Waals surface area contributed by atoms with Gasteiger partial charge in [0.25, 0.3) is 5.91 Å². The largest absolute Gasteiger partial charge is 0.462 e. The lowest BCUT2D eigenvalue weighted by Crippen LogP contribution is -2.26. The van der Waals surface area contributed by atoms with Gasteiger partial charge in [-0.15, -0.1) is 11.3 Å². The zero-order valence-corrected chi connectivity index (χ0v) is 14.6. The molecule has 1 amide bonds. The Kier molecular flexibility index (Phi) is 4.98. The van der Waals surface area contributed by atoms with Gasteiger partial charge in [0.1, 0.15) is 5.69 Å². The highest BCUT2D eigenvalue weighted by molar-refractivity contribution is 7.89. The lowest BCUT2D eigenvalue weighted by atomic mass is 10.1. The zero-order chi connectivity index (χ0) is 17.9. The lowest BCUT2D eigenvalue weighted by Gasteiger charge is -2.04. The number of sulfonamides is 1. The van der Waals surface area contributed by atoms with E-state index in [0.717, 1.165) is 5.56 Å². The number of primary sulfonamides is 1. The second kappa shape index (κ2) is 7.18. The SMILES string of the molecule is NS(=O)(=O)c1ccc(CCNC(=O)c2csc(-c3ccco3)n2)cc1. The van der Waals surface area contributed by atoms with Crippen LogP contribution >= 0.6 is 11.3 Å². The summed E-state index contributed by atoms with van der Waals surface area (Å²) in [7, 11) is -3.69. The summed E-state index contributed by atoms with van der Waals surface area (Å²) in [5.41, 5.74) is 1.23. The number of carbonyl (C=O) groups excluding carboxylic acids is 1. The van der Waals surface area contributed by atoms with E-state index in [1.165, 1.54) is 23.5 Å². The third-order valence-electron chi connectivity index (χ3n) is 3.42. The quantitative estimate of drug-likeness (QED) is 0.682. The summed E-state index contributed by atoms with van der Waals surface area (Å²) in [5.74, 6) is 0.356. The third-order valence-corrected chi connectivity index (χ3v) is 5.21. The lowest BCUT2D eigenvalue weighted by molar-refractivity contribution is 0.0950. The van der Waals surface area contributed by atoms with E-state index in [1.54, 1.807) is 35.9 Å². The number of nitrogens with one attached hydrogen (secondary N) is 1. The minimum atomic E-state index is -3.69. The molecule has 0 aliphatic rings. The Labute approximate surface area is 148 Å². The molecule has 1 aromatic carbocycles. The summed E-state index contributed by atoms with van der Waals surface area (Å²) in [4.78, 5) is 16.4. The Bertz CT molecular complexity index is 961. The maximum atomic E-state index is 12.1. The van der Waals surface area contributed by atoms with Crippen molar-refractivity contribution in [3.63, 3.8) is 0 Å². The van der Waals surface area contributed by atoms with Crippen LogP contribution in [-0.2, 0) is 16.4 Å². The van der Waals surface area contributed by atoms with E-state index in [0.29, 0.717) is 29.4 Å². The Morgan fingerprint density at radius 2 is 2.00 bits per heavy atom. The molecular weight excluding hydrogens is 362 g/mol. The van der Waals surface area contributed by atoms with Crippen LogP contribution in [0.1, 0.15) is 16.1 Å². The fourth-order valence-corrected chi connectivity index (χ4v) is 3.43. The van der Waals surface area contributed by atoms with E-state index in [4.69, 9.17) is 9.56 Å². The summed E-state index contributed by atoms with van der Waals surface area (Å²) in [5, 5.41) is 10.2. The van der Waals surface area contributed by atoms with Crippen LogP contribution < -0.4 is 10.5 Å². The van der Waals surface area contributed by atoms with Crippen LogP contribution in [0.5, 0.6) is 0 Å². The number of hydrogen-bond donors (Lipinski definition) is 2. The van der Waals surface area contributed by atoms with E-state index in [1.807, 2.05) is 0 Å². The Balaban J connectivity index is 1.54. The number of thiazole rings is 1. The molecule has 0 bridgehead atoms. The molecule has 0 atom stereocenters. The molecule has 2 heterocycles. The highest BCUT2D eigenvalue weighted by atomic mass is 32.2. The van der Waals surface area contributed by atoms with Crippen molar-refractivity contribution in [3.05, 3.63) is 59.3 Å². The molecule has 3 aromatic rings. The molecule has 9 heteroatoms. The van der Waals surface area contributed by atoms with Gasteiger partial charge in [-0.1, -0.05) is 12.1 Å². The first-order valence-electron chi connectivity index (χ1n) is 7.33. The van der Waals surface area contributed by atoms with Crippen molar-refractivity contribution in [1.82, 2.24) is 10.3 Å². The fraction of sp³-hybridized carbons (Fsp3) is 0.125. The molecule has 25 heavy (non-hydrogen) atoms. The summed E-state index contributed by atoms with van der Waals surface area (Å²) >= 11 is 1.33. The van der Waals surface area contributed by atoms with E-state index in [9.17, 15) is 13.2 Å². The van der Waals surface area contributed by atoms with Crippen LogP contribution in [0.2, 0.25) is 0 Å². The van der Waals surface area contributed by atoms with Gasteiger partial charge in [0.2, 0.25) is 10.0 Å². The van der Waals surface area contributed by atoms with Crippen LogP contribution in [0, 0.1) is 0 Å². The van der Waals surface area contributed by atoms with Crippen LogP contribution in [0.4, 0.5) is 0 Å². The normalized spacial score (nSPS) is 11.4. The first-order valence-corrected chi connectivity index (χ1v) is 9.75. The standard InChI is InChI=1S/C16H15N3O4S2/c17-25(21,22)12-5-3-11(4-6-12)7-8-18-15(20)13-10-24-16(19-13)14-2-1-9-23-14/h1-6,9-10H,7-8H2,(H,18,20)(H2,17,21,22). The number of furan rings is 1. The number of rotatable bonds is 6. The fourth-order valence-electron chi connectivity index (χ4n) is 2.15. The second-order valence-corrected chi connectivity index (χ2v) is 7.63. The van der Waals surface area contributed by atoms with Gasteiger partial charge in [-0.25, -0.2) is 18.5 Å². The number of aromatic nitrogens is 1. The predicted molar refractivity (Wildman–Crippen MR) is 93.7 cm³/mol. The average Bonchev–Trinajstić information content (AvgIpc) is 3.25. The molecule has 2 aromatic heterocycles. The van der Waals surface area contributed by atoms with Crippen molar-refractivity contribution in [2.24, 2.45) is 5.14 Å². The number of benzene rings is 1. The molecule has 0 aliphatic carbocycles. The van der Waals surface area contributed by atoms with E-state index in [-0.39, 0.29) is 10.8 Å². The van der Waals surface area contributed by atoms with Gasteiger partial charge < -0.3 is 9.73 Å². The Morgan fingerprint density at radius 1 is 1.24 bits per heavy atom. The highest BCUT2D eigenvalue weighted by Gasteiger charge is 2.13. The molecule has 130 valence electrons.